The zero-order valence-electron chi connectivity index (χ0n) is 22.5. The molecule has 4 aromatic rings. The molecule has 4 rings (SSSR count). The molecule has 206 valence electrons. The third kappa shape index (κ3) is 7.09. The average Bonchev–Trinajstić information content (AvgIpc) is 3.34. The summed E-state index contributed by atoms with van der Waals surface area (Å²) in [6.07, 6.45) is 1.53. The predicted molar refractivity (Wildman–Crippen MR) is 163 cm³/mol. The first-order chi connectivity index (χ1) is 19.4. The average molecular weight is 652 g/mol. The molecule has 8 nitrogen and oxygen atoms in total. The molecular formula is C31H30IN3O5. The SMILES string of the molecule is CCOC(=O)COc1c(I)cc(/C=N/NC(=O)c2ccc(-n3c(C)ccc3-c3ccccc3)cc2)cc1OCC. The Bertz CT molecular complexity index is 1500. The Kier molecular flexibility index (Phi) is 9.96. The van der Waals surface area contributed by atoms with Crippen LogP contribution in [0.2, 0.25) is 0 Å². The lowest BCUT2D eigenvalue weighted by Crippen LogP contribution is -2.17. The fraction of sp³-hybridized carbons (Fsp3) is 0.194. The first-order valence-corrected chi connectivity index (χ1v) is 13.9. The van der Waals surface area contributed by atoms with Crippen LogP contribution in [0, 0.1) is 10.5 Å². The van der Waals surface area contributed by atoms with Gasteiger partial charge in [-0.2, -0.15) is 5.10 Å². The van der Waals surface area contributed by atoms with Crippen LogP contribution in [0.25, 0.3) is 16.9 Å². The standard InChI is InChI=1S/C31H30IN3O5/c1-4-38-28-18-22(17-26(32)30(28)40-20-29(36)39-5-2)19-33-34-31(37)24-12-14-25(15-13-24)35-21(3)11-16-27(35)23-9-7-6-8-10-23/h6-19H,4-5,20H2,1-3H3,(H,34,37)/b33-19+. The van der Waals surface area contributed by atoms with E-state index in [2.05, 4.69) is 68.9 Å². The number of benzene rings is 3. The largest absolute Gasteiger partial charge is 0.490 e. The molecule has 0 aliphatic rings. The summed E-state index contributed by atoms with van der Waals surface area (Å²) in [5, 5.41) is 4.13. The number of nitrogens with one attached hydrogen (secondary N) is 1. The van der Waals surface area contributed by atoms with E-state index in [1.807, 2.05) is 43.3 Å². The van der Waals surface area contributed by atoms with Crippen molar-refractivity contribution in [1.29, 1.82) is 0 Å². The number of nitrogens with zero attached hydrogens (tertiary/aromatic N) is 2. The van der Waals surface area contributed by atoms with E-state index in [9.17, 15) is 9.59 Å². The Balaban J connectivity index is 1.44. The van der Waals surface area contributed by atoms with E-state index in [1.165, 1.54) is 6.21 Å². The highest BCUT2D eigenvalue weighted by Crippen LogP contribution is 2.34. The van der Waals surface area contributed by atoms with Gasteiger partial charge in [0.05, 0.1) is 28.7 Å². The van der Waals surface area contributed by atoms with Crippen molar-refractivity contribution in [2.45, 2.75) is 20.8 Å². The van der Waals surface area contributed by atoms with Gasteiger partial charge in [0, 0.05) is 16.9 Å². The summed E-state index contributed by atoms with van der Waals surface area (Å²) in [4.78, 5) is 24.5. The minimum Gasteiger partial charge on any atom is -0.490 e. The highest BCUT2D eigenvalue weighted by atomic mass is 127. The molecule has 0 bridgehead atoms. The Morgan fingerprint density at radius 2 is 1.70 bits per heavy atom. The normalized spacial score (nSPS) is 10.9. The Hall–Kier alpha value is -4.12. The highest BCUT2D eigenvalue weighted by molar-refractivity contribution is 14.1. The molecule has 1 amide bonds. The summed E-state index contributed by atoms with van der Waals surface area (Å²) in [5.74, 6) is 0.133. The summed E-state index contributed by atoms with van der Waals surface area (Å²) >= 11 is 2.10. The minimum atomic E-state index is -0.456. The lowest BCUT2D eigenvalue weighted by molar-refractivity contribution is -0.145. The number of hydrogen-bond acceptors (Lipinski definition) is 6. The van der Waals surface area contributed by atoms with Crippen LogP contribution in [0.1, 0.15) is 35.5 Å². The van der Waals surface area contributed by atoms with E-state index in [0.717, 1.165) is 26.2 Å². The summed E-state index contributed by atoms with van der Waals surface area (Å²) in [6, 6.07) is 25.3. The fourth-order valence-corrected chi connectivity index (χ4v) is 4.89. The van der Waals surface area contributed by atoms with E-state index in [0.29, 0.717) is 29.2 Å². The van der Waals surface area contributed by atoms with E-state index in [4.69, 9.17) is 14.2 Å². The van der Waals surface area contributed by atoms with Crippen LogP contribution in [0.4, 0.5) is 0 Å². The van der Waals surface area contributed by atoms with Crippen molar-refractivity contribution in [3.8, 4) is 28.4 Å². The zero-order valence-corrected chi connectivity index (χ0v) is 24.7. The number of hydrogen-bond donors (Lipinski definition) is 1. The van der Waals surface area contributed by atoms with E-state index < -0.39 is 5.97 Å². The Morgan fingerprint density at radius 3 is 2.40 bits per heavy atom. The maximum atomic E-state index is 12.8. The van der Waals surface area contributed by atoms with Crippen LogP contribution in [-0.2, 0) is 9.53 Å². The van der Waals surface area contributed by atoms with Crippen LogP contribution in [0.15, 0.2) is 84.0 Å². The number of aromatic nitrogens is 1. The molecule has 1 N–H and O–H groups in total. The smallest absolute Gasteiger partial charge is 0.344 e. The molecule has 40 heavy (non-hydrogen) atoms. The molecule has 0 aliphatic carbocycles. The maximum absolute atomic E-state index is 12.8. The third-order valence-electron chi connectivity index (χ3n) is 5.88. The summed E-state index contributed by atoms with van der Waals surface area (Å²) in [7, 11) is 0. The summed E-state index contributed by atoms with van der Waals surface area (Å²) < 4.78 is 19.2. The van der Waals surface area contributed by atoms with Gasteiger partial charge in [-0.15, -0.1) is 0 Å². The fourth-order valence-electron chi connectivity index (χ4n) is 4.11. The van der Waals surface area contributed by atoms with Gasteiger partial charge < -0.3 is 18.8 Å². The predicted octanol–water partition coefficient (Wildman–Crippen LogP) is 6.16. The number of esters is 1. The molecule has 3 aromatic carbocycles. The van der Waals surface area contributed by atoms with Crippen molar-refractivity contribution in [2.75, 3.05) is 19.8 Å². The van der Waals surface area contributed by atoms with Crippen molar-refractivity contribution in [1.82, 2.24) is 9.99 Å². The highest BCUT2D eigenvalue weighted by Gasteiger charge is 2.15. The van der Waals surface area contributed by atoms with Gasteiger partial charge in [-0.1, -0.05) is 30.3 Å². The van der Waals surface area contributed by atoms with Gasteiger partial charge in [0.1, 0.15) is 0 Å². The first-order valence-electron chi connectivity index (χ1n) is 12.8. The second-order valence-corrected chi connectivity index (χ2v) is 9.83. The molecular weight excluding hydrogens is 621 g/mol. The van der Waals surface area contributed by atoms with Gasteiger partial charge in [-0.25, -0.2) is 10.2 Å². The van der Waals surface area contributed by atoms with Gasteiger partial charge in [0.25, 0.3) is 5.91 Å². The molecule has 9 heteroatoms. The van der Waals surface area contributed by atoms with Crippen molar-refractivity contribution >= 4 is 40.7 Å². The maximum Gasteiger partial charge on any atom is 0.344 e. The lowest BCUT2D eigenvalue weighted by atomic mass is 10.1. The van der Waals surface area contributed by atoms with Crippen LogP contribution in [-0.4, -0.2) is 42.5 Å². The Labute approximate surface area is 247 Å². The number of ether oxygens (including phenoxy) is 3. The van der Waals surface area contributed by atoms with E-state index >= 15 is 0 Å². The minimum absolute atomic E-state index is 0.219. The molecule has 1 aromatic heterocycles. The number of aryl methyl sites for hydroxylation is 1. The van der Waals surface area contributed by atoms with Gasteiger partial charge in [-0.05, 0) is 103 Å². The molecule has 0 saturated heterocycles. The molecule has 0 radical (unpaired) electrons. The number of carbonyl (C=O) groups is 2. The number of hydrazone groups is 1. The second-order valence-electron chi connectivity index (χ2n) is 8.66. The number of carbonyl (C=O) groups excluding carboxylic acids is 2. The number of amides is 1. The zero-order chi connectivity index (χ0) is 28.5. The number of rotatable bonds is 11. The van der Waals surface area contributed by atoms with Gasteiger partial charge in [-0.3, -0.25) is 4.79 Å². The van der Waals surface area contributed by atoms with E-state index in [1.54, 1.807) is 25.1 Å². The summed E-state index contributed by atoms with van der Waals surface area (Å²) in [5.41, 5.74) is 8.02. The van der Waals surface area contributed by atoms with Crippen LogP contribution in [0.5, 0.6) is 11.5 Å². The van der Waals surface area contributed by atoms with Gasteiger partial charge in [0.15, 0.2) is 18.1 Å². The van der Waals surface area contributed by atoms with Gasteiger partial charge in [0.2, 0.25) is 0 Å². The Morgan fingerprint density at radius 1 is 0.950 bits per heavy atom. The molecule has 0 fully saturated rings. The lowest BCUT2D eigenvalue weighted by Gasteiger charge is -2.14. The van der Waals surface area contributed by atoms with Crippen molar-refractivity contribution in [3.63, 3.8) is 0 Å². The van der Waals surface area contributed by atoms with Crippen LogP contribution < -0.4 is 14.9 Å². The second kappa shape index (κ2) is 13.8. The molecule has 0 atom stereocenters. The summed E-state index contributed by atoms with van der Waals surface area (Å²) in [6.45, 7) is 6.12. The van der Waals surface area contributed by atoms with Crippen molar-refractivity contribution in [2.24, 2.45) is 5.10 Å². The van der Waals surface area contributed by atoms with Gasteiger partial charge >= 0.3 is 5.97 Å². The van der Waals surface area contributed by atoms with Crippen molar-refractivity contribution < 1.29 is 23.8 Å². The third-order valence-corrected chi connectivity index (χ3v) is 6.69. The van der Waals surface area contributed by atoms with E-state index in [-0.39, 0.29) is 19.1 Å². The monoisotopic (exact) mass is 651 g/mol. The van der Waals surface area contributed by atoms with Crippen LogP contribution >= 0.6 is 22.6 Å². The first kappa shape index (κ1) is 28.9. The molecule has 0 spiro atoms. The topological polar surface area (TPSA) is 91.2 Å². The molecule has 0 aliphatic heterocycles. The van der Waals surface area contributed by atoms with Crippen LogP contribution in [0.3, 0.4) is 0 Å². The quantitative estimate of drug-likeness (QED) is 0.0908. The molecule has 0 saturated carbocycles. The molecule has 0 unspecified atom stereocenters. The number of halogens is 1. The van der Waals surface area contributed by atoms with Crippen molar-refractivity contribution in [3.05, 3.63) is 99.3 Å². The molecule has 1 heterocycles.